The minimum absolute atomic E-state index is 0.00392. The summed E-state index contributed by atoms with van der Waals surface area (Å²) in [6.45, 7) is 1.68. The van der Waals surface area contributed by atoms with E-state index in [1.54, 1.807) is 23.1 Å². The Morgan fingerprint density at radius 2 is 1.57 bits per heavy atom. The Bertz CT molecular complexity index is 1460. The average molecular weight is 589 g/mol. The fourth-order valence-electron chi connectivity index (χ4n) is 5.38. The van der Waals surface area contributed by atoms with Crippen LogP contribution in [0.1, 0.15) is 41.9 Å². The first-order valence-electron chi connectivity index (χ1n) is 13.5. The van der Waals surface area contributed by atoms with Crippen molar-refractivity contribution in [3.63, 3.8) is 0 Å². The molecule has 0 spiro atoms. The topological polar surface area (TPSA) is 116 Å². The van der Waals surface area contributed by atoms with Gasteiger partial charge in [-0.05, 0) is 56.0 Å². The van der Waals surface area contributed by atoms with Gasteiger partial charge in [0.2, 0.25) is 17.6 Å². The van der Waals surface area contributed by atoms with Crippen LogP contribution in [0.5, 0.6) is 0 Å². The molecule has 1 aliphatic carbocycles. The molecule has 1 saturated carbocycles. The van der Waals surface area contributed by atoms with E-state index in [-0.39, 0.29) is 23.1 Å². The Morgan fingerprint density at radius 3 is 2.17 bits per heavy atom. The van der Waals surface area contributed by atoms with Crippen molar-refractivity contribution in [1.29, 1.82) is 0 Å². The number of amides is 2. The predicted octanol–water partition coefficient (Wildman–Crippen LogP) is 5.29. The molecule has 2 amide bonds. The van der Waals surface area contributed by atoms with Gasteiger partial charge in [-0.2, -0.15) is 13.2 Å². The highest BCUT2D eigenvalue weighted by molar-refractivity contribution is 6.04. The van der Waals surface area contributed by atoms with Crippen LogP contribution >= 0.6 is 0 Å². The minimum Gasteiger partial charge on any atom is -0.481 e. The number of carboxylic acid groups (broad SMARTS) is 1. The van der Waals surface area contributed by atoms with Gasteiger partial charge in [0.1, 0.15) is 5.82 Å². The molecule has 2 aliphatic rings. The zero-order valence-electron chi connectivity index (χ0n) is 22.4. The van der Waals surface area contributed by atoms with Crippen LogP contribution in [0.25, 0.3) is 11.5 Å². The fraction of sp³-hybridized carbons (Fsp3) is 0.379. The van der Waals surface area contributed by atoms with E-state index in [0.717, 1.165) is 0 Å². The molecule has 42 heavy (non-hydrogen) atoms. The number of aromatic nitrogens is 1. The summed E-state index contributed by atoms with van der Waals surface area (Å²) in [5.41, 5.74) is -0.609. The van der Waals surface area contributed by atoms with Gasteiger partial charge in [-0.1, -0.05) is 18.2 Å². The van der Waals surface area contributed by atoms with Crippen molar-refractivity contribution in [3.05, 3.63) is 65.8 Å². The summed E-state index contributed by atoms with van der Waals surface area (Å²) in [5.74, 6) is -5.52. The van der Waals surface area contributed by atoms with Gasteiger partial charge in [-0.25, -0.2) is 9.37 Å². The second-order valence-corrected chi connectivity index (χ2v) is 10.4. The first-order chi connectivity index (χ1) is 20.0. The number of halogens is 4. The van der Waals surface area contributed by atoms with Crippen LogP contribution in [0.3, 0.4) is 0 Å². The van der Waals surface area contributed by atoms with Crippen LogP contribution in [0.2, 0.25) is 0 Å². The number of piperazine rings is 1. The number of carbonyl (C=O) groups is 3. The lowest BCUT2D eigenvalue weighted by Gasteiger charge is -2.38. The van der Waals surface area contributed by atoms with Crippen molar-refractivity contribution < 1.29 is 41.5 Å². The molecule has 2 heterocycles. The third-order valence-corrected chi connectivity index (χ3v) is 7.70. The van der Waals surface area contributed by atoms with Gasteiger partial charge in [0.05, 0.1) is 11.6 Å². The molecule has 2 fully saturated rings. The third kappa shape index (κ3) is 6.24. The molecule has 2 aromatic carbocycles. The minimum atomic E-state index is -5.00. The van der Waals surface area contributed by atoms with Gasteiger partial charge >= 0.3 is 12.1 Å². The molecule has 0 atom stereocenters. The zero-order valence-corrected chi connectivity index (χ0v) is 22.4. The molecule has 5 rings (SSSR count). The summed E-state index contributed by atoms with van der Waals surface area (Å²) in [4.78, 5) is 44.2. The normalized spacial score (nSPS) is 19.4. The monoisotopic (exact) mass is 588 g/mol. The molecule has 0 bridgehead atoms. The summed E-state index contributed by atoms with van der Waals surface area (Å²) in [6, 6.07) is 11.7. The maximum atomic E-state index is 15.0. The lowest BCUT2D eigenvalue weighted by Crippen LogP contribution is -2.50. The molecular weight excluding hydrogens is 560 g/mol. The molecule has 0 radical (unpaired) electrons. The number of nitrogens with one attached hydrogen (secondary N) is 1. The first kappa shape index (κ1) is 29.1. The van der Waals surface area contributed by atoms with Crippen molar-refractivity contribution in [3.8, 4) is 11.5 Å². The van der Waals surface area contributed by atoms with Crippen LogP contribution in [-0.2, 0) is 15.8 Å². The van der Waals surface area contributed by atoms with Crippen molar-refractivity contribution in [2.75, 3.05) is 36.4 Å². The van der Waals surface area contributed by atoms with Crippen molar-refractivity contribution in [2.45, 2.75) is 31.9 Å². The van der Waals surface area contributed by atoms with Crippen LogP contribution in [-0.4, -0.2) is 59.0 Å². The first-order valence-corrected chi connectivity index (χ1v) is 13.5. The quantitative estimate of drug-likeness (QED) is 0.376. The Kier molecular flexibility index (Phi) is 8.19. The highest BCUT2D eigenvalue weighted by atomic mass is 19.4. The van der Waals surface area contributed by atoms with Crippen LogP contribution < -0.4 is 10.2 Å². The van der Waals surface area contributed by atoms with E-state index in [4.69, 9.17) is 9.52 Å². The van der Waals surface area contributed by atoms with Crippen LogP contribution in [0.4, 0.5) is 28.9 Å². The number of carboxylic acids is 1. The molecular formula is C29H28F4N4O5. The van der Waals surface area contributed by atoms with E-state index in [9.17, 15) is 27.6 Å². The molecule has 222 valence electrons. The van der Waals surface area contributed by atoms with Crippen LogP contribution in [0, 0.1) is 17.7 Å². The maximum Gasteiger partial charge on any atom is 0.452 e. The SMILES string of the molecule is O=C(Nc1ccc(N2CCN(C(=O)[C@H]3CC[C@H](C(=O)O)CC3)CC2)cc1F)c1nc(-c2ccccc2)oc1C(F)(F)F. The smallest absolute Gasteiger partial charge is 0.452 e. The number of oxazole rings is 1. The lowest BCUT2D eigenvalue weighted by molar-refractivity contribution is -0.153. The molecule has 1 aliphatic heterocycles. The van der Waals surface area contributed by atoms with Gasteiger partial charge in [0.15, 0.2) is 5.69 Å². The van der Waals surface area contributed by atoms with Gasteiger partial charge in [0.25, 0.3) is 5.91 Å². The average Bonchev–Trinajstić information content (AvgIpc) is 3.45. The molecule has 2 N–H and O–H groups in total. The second kappa shape index (κ2) is 11.8. The largest absolute Gasteiger partial charge is 0.481 e. The number of anilines is 2. The Balaban J connectivity index is 1.22. The lowest BCUT2D eigenvalue weighted by atomic mass is 9.81. The maximum absolute atomic E-state index is 15.0. The Hall–Kier alpha value is -4.42. The van der Waals surface area contributed by atoms with Gasteiger partial charge in [-0.3, -0.25) is 14.4 Å². The fourth-order valence-corrected chi connectivity index (χ4v) is 5.38. The Labute approximate surface area is 238 Å². The highest BCUT2D eigenvalue weighted by Crippen LogP contribution is 2.36. The number of rotatable bonds is 6. The van der Waals surface area contributed by atoms with Gasteiger partial charge in [0, 0.05) is 43.3 Å². The highest BCUT2D eigenvalue weighted by Gasteiger charge is 2.42. The predicted molar refractivity (Wildman–Crippen MR) is 143 cm³/mol. The van der Waals surface area contributed by atoms with Crippen molar-refractivity contribution in [1.82, 2.24) is 9.88 Å². The van der Waals surface area contributed by atoms with Gasteiger partial charge < -0.3 is 24.6 Å². The summed E-state index contributed by atoms with van der Waals surface area (Å²) in [7, 11) is 0. The van der Waals surface area contributed by atoms with E-state index in [2.05, 4.69) is 10.3 Å². The van der Waals surface area contributed by atoms with Crippen molar-refractivity contribution in [2.24, 2.45) is 11.8 Å². The number of hydrogen-bond acceptors (Lipinski definition) is 6. The van der Waals surface area contributed by atoms with Gasteiger partial charge in [-0.15, -0.1) is 0 Å². The molecule has 3 aromatic rings. The van der Waals surface area contributed by atoms with E-state index >= 15 is 4.39 Å². The van der Waals surface area contributed by atoms with E-state index in [1.807, 2.05) is 4.90 Å². The summed E-state index contributed by atoms with van der Waals surface area (Å²) in [5, 5.41) is 11.3. The second-order valence-electron chi connectivity index (χ2n) is 10.4. The summed E-state index contributed by atoms with van der Waals surface area (Å²) >= 11 is 0. The molecule has 1 saturated heterocycles. The molecule has 13 heteroatoms. The number of carbonyl (C=O) groups excluding carboxylic acids is 2. The number of hydrogen-bond donors (Lipinski definition) is 2. The van der Waals surface area contributed by atoms with Crippen LogP contribution in [0.15, 0.2) is 52.9 Å². The van der Waals surface area contributed by atoms with Crippen molar-refractivity contribution >= 4 is 29.2 Å². The number of alkyl halides is 3. The number of aliphatic carboxylic acids is 1. The summed E-state index contributed by atoms with van der Waals surface area (Å²) < 4.78 is 60.7. The molecule has 0 unspecified atom stereocenters. The third-order valence-electron chi connectivity index (χ3n) is 7.70. The molecule has 9 nitrogen and oxygen atoms in total. The number of benzene rings is 2. The van der Waals surface area contributed by atoms with E-state index < -0.39 is 47.1 Å². The van der Waals surface area contributed by atoms with E-state index in [1.165, 1.54) is 30.3 Å². The Morgan fingerprint density at radius 1 is 0.929 bits per heavy atom. The molecule has 1 aromatic heterocycles. The zero-order chi connectivity index (χ0) is 30.0. The number of nitrogens with zero attached hydrogens (tertiary/aromatic N) is 3. The van der Waals surface area contributed by atoms with E-state index in [0.29, 0.717) is 57.5 Å². The standard InChI is InChI=1S/C29H28F4N4O5/c30-21-16-20(36-12-14-37(15-13-36)27(39)18-6-8-19(9-7-18)28(40)41)10-11-22(21)34-25(38)23-24(29(31,32)33)42-26(35-23)17-4-2-1-3-5-17/h1-5,10-11,16,18-19H,6-9,12-15H2,(H,34,38)(H,40,41)/t18-,19-. The summed E-state index contributed by atoms with van der Waals surface area (Å²) in [6.07, 6.45) is -2.95.